The number of aliphatic hydroxyl groups excluding tert-OH is 1. The summed E-state index contributed by atoms with van der Waals surface area (Å²) in [5.74, 6) is -6.32. The van der Waals surface area contributed by atoms with Gasteiger partial charge >= 0.3 is 23.9 Å². The maximum Gasteiger partial charge on any atom is 0.338 e. The van der Waals surface area contributed by atoms with Crippen LogP contribution < -0.4 is 5.32 Å². The molecule has 8 unspecified atom stereocenters. The number of fused-ring (bicyclic) bond motifs is 5. The Kier molecular flexibility index (Phi) is 13.9. The van der Waals surface area contributed by atoms with Crippen molar-refractivity contribution in [3.8, 4) is 0 Å². The largest absolute Gasteiger partial charge is 0.456 e. The topological polar surface area (TPSA) is 210 Å². The van der Waals surface area contributed by atoms with E-state index in [0.29, 0.717) is 11.1 Å². The molecule has 11 atom stereocenters. The summed E-state index contributed by atoms with van der Waals surface area (Å²) in [6, 6.07) is 24.2. The van der Waals surface area contributed by atoms with E-state index in [0.717, 1.165) is 6.92 Å². The smallest absolute Gasteiger partial charge is 0.338 e. The Labute approximate surface area is 404 Å². The van der Waals surface area contributed by atoms with Gasteiger partial charge in [-0.3, -0.25) is 19.2 Å². The number of carbonyl (C=O) groups excluding carboxylic acids is 6. The third kappa shape index (κ3) is 8.98. The first-order chi connectivity index (χ1) is 32.2. The summed E-state index contributed by atoms with van der Waals surface area (Å²) >= 11 is 0. The van der Waals surface area contributed by atoms with E-state index in [-0.39, 0.29) is 29.7 Å². The van der Waals surface area contributed by atoms with Crippen molar-refractivity contribution < 1.29 is 67.1 Å². The van der Waals surface area contributed by atoms with Crippen molar-refractivity contribution in [1.82, 2.24) is 5.32 Å². The molecule has 15 nitrogen and oxygen atoms in total. The number of esters is 4. The summed E-state index contributed by atoms with van der Waals surface area (Å²) in [5, 5.41) is 28.8. The molecule has 1 aliphatic heterocycles. The third-order valence-electron chi connectivity index (χ3n) is 15.7. The van der Waals surface area contributed by atoms with E-state index in [9.17, 15) is 29.4 Å². The number of hydrogen-bond donors (Lipinski definition) is 3. The van der Waals surface area contributed by atoms with Gasteiger partial charge in [0.15, 0.2) is 31.9 Å². The zero-order valence-electron chi connectivity index (χ0n) is 41.2. The SMILES string of the molecule is CC(=O)OC1C(=O)[C@]2(C)C(O)CC3OC[C@@]3(OC(C)=O)C2C(OC(=O)c2ccccc2)[C@]2(O)CC(OC(=O)C(O[Si](C)(C)C(C)(C)C)C(NC(=O)c3ccccc3)c3ccccc3)C(C)=C1C2(C)C. The Balaban J connectivity index is 1.44. The molecular weight excluding hydrogens is 903 g/mol. The summed E-state index contributed by atoms with van der Waals surface area (Å²) in [7, 11) is -2.93. The van der Waals surface area contributed by atoms with Crippen LogP contribution in [0.3, 0.4) is 0 Å². The second kappa shape index (κ2) is 18.7. The van der Waals surface area contributed by atoms with Gasteiger partial charge in [-0.15, -0.1) is 0 Å². The zero-order chi connectivity index (χ0) is 50.6. The van der Waals surface area contributed by atoms with Crippen LogP contribution in [0.25, 0.3) is 0 Å². The maximum atomic E-state index is 15.8. The highest BCUT2D eigenvalue weighted by molar-refractivity contribution is 6.74. The molecule has 69 heavy (non-hydrogen) atoms. The first-order valence-corrected chi connectivity index (χ1v) is 26.3. The second-order valence-corrected chi connectivity index (χ2v) is 26.0. The lowest BCUT2D eigenvalue weighted by Crippen LogP contribution is -2.82. The van der Waals surface area contributed by atoms with Crippen LogP contribution in [0.5, 0.6) is 0 Å². The second-order valence-electron chi connectivity index (χ2n) is 21.2. The van der Waals surface area contributed by atoms with Crippen LogP contribution in [0.15, 0.2) is 102 Å². The predicted molar refractivity (Wildman–Crippen MR) is 254 cm³/mol. The van der Waals surface area contributed by atoms with Gasteiger partial charge in [-0.2, -0.15) is 0 Å². The van der Waals surface area contributed by atoms with E-state index in [1.165, 1.54) is 26.0 Å². The lowest BCUT2D eigenvalue weighted by atomic mass is 9.44. The van der Waals surface area contributed by atoms with Gasteiger partial charge in [-0.1, -0.05) is 101 Å². The Bertz CT molecular complexity index is 2510. The van der Waals surface area contributed by atoms with Crippen molar-refractivity contribution >= 4 is 43.9 Å². The number of amides is 1. The summed E-state index contributed by atoms with van der Waals surface area (Å²) < 4.78 is 38.2. The molecular formula is C53H65NO14Si. The van der Waals surface area contributed by atoms with E-state index in [1.807, 2.05) is 33.9 Å². The molecule has 1 heterocycles. The standard InChI is InChI=1S/C53H65NO14Si/c1-30-36(65-48(61)42(68-69(10,11)49(4,5)6)40(33-21-15-12-16-22-33)54-46(59)34-23-17-13-18-24-34)28-53(62)45(66-47(60)35-25-19-14-20-26-35)43-51(9,37(57)27-38-52(43,29-63-38)67-32(3)56)44(58)41(64-31(2)55)39(30)50(53,7)8/h12-26,36-38,40-43,45,57,62H,27-29H2,1-11H3,(H,54,59)/t36?,37?,38?,40?,41?,42?,43?,45?,51-,52+,53-/m1/s1. The minimum absolute atomic E-state index is 0.0502. The van der Waals surface area contributed by atoms with Gasteiger partial charge in [-0.25, -0.2) is 9.59 Å². The summed E-state index contributed by atoms with van der Waals surface area (Å²) in [6.45, 7) is 18.2. The molecule has 0 radical (unpaired) electrons. The lowest BCUT2D eigenvalue weighted by Gasteiger charge is -2.67. The van der Waals surface area contributed by atoms with Crippen molar-refractivity contribution in [3.05, 3.63) is 119 Å². The van der Waals surface area contributed by atoms with Crippen molar-refractivity contribution in [3.63, 3.8) is 0 Å². The van der Waals surface area contributed by atoms with Crippen LogP contribution in [0.2, 0.25) is 18.1 Å². The Hall–Kier alpha value is -5.52. The van der Waals surface area contributed by atoms with Gasteiger partial charge in [0.05, 0.1) is 35.6 Å². The first-order valence-electron chi connectivity index (χ1n) is 23.4. The molecule has 0 aromatic heterocycles. The molecule has 16 heteroatoms. The monoisotopic (exact) mass is 967 g/mol. The number of rotatable bonds is 12. The average molecular weight is 968 g/mol. The van der Waals surface area contributed by atoms with Crippen LogP contribution >= 0.6 is 0 Å². The Morgan fingerprint density at radius 3 is 1.91 bits per heavy atom. The van der Waals surface area contributed by atoms with Gasteiger partial charge < -0.3 is 43.6 Å². The van der Waals surface area contributed by atoms with Crippen LogP contribution in [0.1, 0.15) is 107 Å². The van der Waals surface area contributed by atoms with Crippen molar-refractivity contribution in [2.24, 2.45) is 16.7 Å². The van der Waals surface area contributed by atoms with Gasteiger partial charge in [0.25, 0.3) is 5.91 Å². The maximum absolute atomic E-state index is 15.8. The highest BCUT2D eigenvalue weighted by atomic mass is 28.4. The number of carbonyl (C=O) groups is 6. The third-order valence-corrected chi connectivity index (χ3v) is 20.1. The van der Waals surface area contributed by atoms with Crippen molar-refractivity contribution in [1.29, 1.82) is 0 Å². The van der Waals surface area contributed by atoms with Gasteiger partial charge in [0.2, 0.25) is 0 Å². The minimum Gasteiger partial charge on any atom is -0.456 e. The first kappa shape index (κ1) is 51.3. The van der Waals surface area contributed by atoms with Crippen LogP contribution in [0.4, 0.5) is 0 Å². The molecule has 3 aliphatic carbocycles. The van der Waals surface area contributed by atoms with Gasteiger partial charge in [-0.05, 0) is 73.0 Å². The number of ketones is 1. The molecule has 3 fully saturated rings. The number of ether oxygens (including phenoxy) is 5. The van der Waals surface area contributed by atoms with Crippen LogP contribution in [0, 0.1) is 16.7 Å². The fourth-order valence-corrected chi connectivity index (χ4v) is 12.0. The molecule has 3 aromatic rings. The fourth-order valence-electron chi connectivity index (χ4n) is 10.8. The quantitative estimate of drug-likeness (QED) is 0.0741. The molecule has 2 bridgehead atoms. The number of nitrogens with one attached hydrogen (secondary N) is 1. The molecule has 3 N–H and O–H groups in total. The normalized spacial score (nSPS) is 30.4. The molecule has 370 valence electrons. The molecule has 3 aromatic carbocycles. The number of benzene rings is 3. The minimum atomic E-state index is -2.93. The highest BCUT2D eigenvalue weighted by Gasteiger charge is 2.78. The number of Topliss-reactive ketones (excluding diaryl/α,β-unsaturated/α-hetero) is 1. The molecule has 1 saturated heterocycles. The molecule has 7 rings (SSSR count). The Morgan fingerprint density at radius 1 is 0.826 bits per heavy atom. The summed E-state index contributed by atoms with van der Waals surface area (Å²) in [5.41, 5.74) is -6.59. The molecule has 1 amide bonds. The van der Waals surface area contributed by atoms with Crippen molar-refractivity contribution in [2.45, 2.75) is 147 Å². The lowest BCUT2D eigenvalue weighted by molar-refractivity contribution is -0.346. The molecule has 4 aliphatic rings. The van der Waals surface area contributed by atoms with Crippen LogP contribution in [-0.2, 0) is 47.3 Å². The number of hydrogen-bond acceptors (Lipinski definition) is 14. The van der Waals surface area contributed by atoms with Crippen LogP contribution in [-0.4, -0.2) is 109 Å². The molecule has 0 spiro atoms. The highest BCUT2D eigenvalue weighted by Crippen LogP contribution is 2.64. The van der Waals surface area contributed by atoms with E-state index in [1.54, 1.807) is 99.6 Å². The van der Waals surface area contributed by atoms with Gasteiger partial charge in [0, 0.05) is 37.7 Å². The van der Waals surface area contributed by atoms with E-state index in [4.69, 9.17) is 28.1 Å². The average Bonchev–Trinajstić information content (AvgIpc) is 3.28. The predicted octanol–water partition coefficient (Wildman–Crippen LogP) is 6.77. The van der Waals surface area contributed by atoms with E-state index in [2.05, 4.69) is 5.32 Å². The summed E-state index contributed by atoms with van der Waals surface area (Å²) in [4.78, 5) is 86.2. The van der Waals surface area contributed by atoms with E-state index < -0.39 is 126 Å². The zero-order valence-corrected chi connectivity index (χ0v) is 42.2. The Morgan fingerprint density at radius 2 is 1.39 bits per heavy atom. The number of aliphatic hydroxyl groups is 2. The molecule has 2 saturated carbocycles. The van der Waals surface area contributed by atoms with E-state index >= 15 is 9.59 Å². The fraction of sp³-hybridized carbons (Fsp3) is 0.509. The summed E-state index contributed by atoms with van der Waals surface area (Å²) in [6.07, 6.45) is -9.79. The van der Waals surface area contributed by atoms with Crippen molar-refractivity contribution in [2.75, 3.05) is 6.61 Å². The van der Waals surface area contributed by atoms with Gasteiger partial charge in [0.1, 0.15) is 23.9 Å².